The maximum absolute atomic E-state index is 10.6. The molecule has 1 unspecified atom stereocenters. The monoisotopic (exact) mass is 282 g/mol. The summed E-state index contributed by atoms with van der Waals surface area (Å²) in [6.45, 7) is 2.72. The summed E-state index contributed by atoms with van der Waals surface area (Å²) in [5, 5.41) is 9.57. The van der Waals surface area contributed by atoms with Gasteiger partial charge in [-0.05, 0) is 19.1 Å². The normalized spacial score (nSPS) is 12.6. The van der Waals surface area contributed by atoms with Gasteiger partial charge in [0.2, 0.25) is 0 Å². The van der Waals surface area contributed by atoms with Gasteiger partial charge in [0.25, 0.3) is 10.1 Å². The van der Waals surface area contributed by atoms with E-state index in [1.54, 1.807) is 0 Å². The molecular formula is C11H17NNaO4S. The number of hydrogen-bond donors (Lipinski definition) is 2. The SMILES string of the molecule is CCN(CC(O)CS(=O)(=O)O)c1ccccc1.[Na]. The van der Waals surface area contributed by atoms with E-state index in [1.807, 2.05) is 42.2 Å². The van der Waals surface area contributed by atoms with Crippen LogP contribution in [0.1, 0.15) is 6.92 Å². The molecule has 1 radical (unpaired) electrons. The number of nitrogens with zero attached hydrogens (tertiary/aromatic N) is 1. The van der Waals surface area contributed by atoms with Gasteiger partial charge >= 0.3 is 0 Å². The average Bonchev–Trinajstić information content (AvgIpc) is 2.24. The topological polar surface area (TPSA) is 77.8 Å². The first-order valence-corrected chi connectivity index (χ1v) is 6.96. The van der Waals surface area contributed by atoms with Crippen molar-refractivity contribution in [2.24, 2.45) is 0 Å². The summed E-state index contributed by atoms with van der Waals surface area (Å²) < 4.78 is 29.9. The van der Waals surface area contributed by atoms with E-state index in [2.05, 4.69) is 0 Å². The molecule has 5 nitrogen and oxygen atoms in total. The van der Waals surface area contributed by atoms with Crippen molar-refractivity contribution < 1.29 is 18.1 Å². The van der Waals surface area contributed by atoms with Crippen LogP contribution in [0.4, 0.5) is 5.69 Å². The summed E-state index contributed by atoms with van der Waals surface area (Å²) in [5.41, 5.74) is 0.907. The smallest absolute Gasteiger partial charge is 0.267 e. The van der Waals surface area contributed by atoms with Crippen LogP contribution in [-0.2, 0) is 10.1 Å². The second-order valence-corrected chi connectivity index (χ2v) is 5.27. The molecule has 0 heterocycles. The zero-order valence-electron chi connectivity index (χ0n) is 10.7. The van der Waals surface area contributed by atoms with E-state index in [-0.39, 0.29) is 36.1 Å². The molecule has 1 atom stereocenters. The Balaban J connectivity index is 0.00000289. The fourth-order valence-corrected chi connectivity index (χ4v) is 2.20. The molecule has 97 valence electrons. The van der Waals surface area contributed by atoms with Crippen LogP contribution >= 0.6 is 0 Å². The fourth-order valence-electron chi connectivity index (χ4n) is 1.61. The number of hydrogen-bond acceptors (Lipinski definition) is 4. The minimum Gasteiger partial charge on any atom is -0.390 e. The van der Waals surface area contributed by atoms with Crippen molar-refractivity contribution in [1.29, 1.82) is 0 Å². The van der Waals surface area contributed by atoms with Gasteiger partial charge in [-0.25, -0.2) is 0 Å². The number of para-hydroxylation sites is 1. The quantitative estimate of drug-likeness (QED) is 0.582. The van der Waals surface area contributed by atoms with Gasteiger partial charge in [-0.3, -0.25) is 4.55 Å². The average molecular weight is 282 g/mol. The Labute approximate surface area is 130 Å². The van der Waals surface area contributed by atoms with Crippen LogP contribution in [0.15, 0.2) is 30.3 Å². The van der Waals surface area contributed by atoms with Gasteiger partial charge in [0, 0.05) is 48.3 Å². The summed E-state index contributed by atoms with van der Waals surface area (Å²) in [7, 11) is -4.14. The van der Waals surface area contributed by atoms with Crippen LogP contribution < -0.4 is 4.90 Å². The Kier molecular flexibility index (Phi) is 8.09. The maximum atomic E-state index is 10.6. The maximum Gasteiger partial charge on any atom is 0.267 e. The third-order valence-corrected chi connectivity index (χ3v) is 3.14. The molecule has 1 aromatic rings. The Morgan fingerprint density at radius 1 is 1.28 bits per heavy atom. The van der Waals surface area contributed by atoms with E-state index in [4.69, 9.17) is 4.55 Å². The molecule has 0 aliphatic carbocycles. The first-order chi connectivity index (χ1) is 7.92. The van der Waals surface area contributed by atoms with Crippen molar-refractivity contribution in [1.82, 2.24) is 0 Å². The number of rotatable bonds is 6. The molecule has 0 amide bonds. The summed E-state index contributed by atoms with van der Waals surface area (Å²) in [6.07, 6.45) is -1.11. The van der Waals surface area contributed by atoms with Gasteiger partial charge in [-0.2, -0.15) is 8.42 Å². The van der Waals surface area contributed by atoms with Crippen LogP contribution in [0.2, 0.25) is 0 Å². The van der Waals surface area contributed by atoms with E-state index in [0.717, 1.165) is 5.69 Å². The number of likely N-dealkylation sites (N-methyl/N-ethyl adjacent to an activating group) is 1. The molecule has 2 N–H and O–H groups in total. The standard InChI is InChI=1S/C11H17NO4S.Na/c1-2-12(10-6-4-3-5-7-10)8-11(13)9-17(14,15)16;/h3-7,11,13H,2,8-9H2,1H3,(H,14,15,16);. The Bertz CT molecular complexity index is 438. The van der Waals surface area contributed by atoms with E-state index < -0.39 is 22.0 Å². The van der Waals surface area contributed by atoms with Crippen molar-refractivity contribution in [3.63, 3.8) is 0 Å². The molecule has 7 heteroatoms. The van der Waals surface area contributed by atoms with Crippen molar-refractivity contribution in [3.8, 4) is 0 Å². The molecule has 0 bridgehead atoms. The summed E-state index contributed by atoms with van der Waals surface area (Å²) in [5.74, 6) is -0.643. The molecule has 0 aliphatic heterocycles. The number of benzene rings is 1. The molecular weight excluding hydrogens is 265 g/mol. The Morgan fingerprint density at radius 3 is 2.28 bits per heavy atom. The molecule has 1 aromatic carbocycles. The van der Waals surface area contributed by atoms with Gasteiger partial charge in [-0.15, -0.1) is 0 Å². The minimum absolute atomic E-state index is 0. The van der Waals surface area contributed by atoms with E-state index >= 15 is 0 Å². The van der Waals surface area contributed by atoms with Crippen LogP contribution in [0, 0.1) is 0 Å². The third-order valence-electron chi connectivity index (χ3n) is 2.34. The zero-order chi connectivity index (χ0) is 12.9. The molecule has 1 rings (SSSR count). The van der Waals surface area contributed by atoms with E-state index in [0.29, 0.717) is 6.54 Å². The largest absolute Gasteiger partial charge is 0.390 e. The second kappa shape index (κ2) is 8.14. The van der Waals surface area contributed by atoms with Crippen LogP contribution in [0.5, 0.6) is 0 Å². The van der Waals surface area contributed by atoms with Gasteiger partial charge in [0.15, 0.2) is 0 Å². The summed E-state index contributed by atoms with van der Waals surface area (Å²) in [6, 6.07) is 9.37. The number of anilines is 1. The van der Waals surface area contributed by atoms with Gasteiger partial charge in [0.1, 0.15) is 5.75 Å². The number of aliphatic hydroxyl groups excluding tert-OH is 1. The van der Waals surface area contributed by atoms with Crippen molar-refractivity contribution in [3.05, 3.63) is 30.3 Å². The predicted molar refractivity (Wildman–Crippen MR) is 72.5 cm³/mol. The van der Waals surface area contributed by atoms with Crippen LogP contribution in [0.25, 0.3) is 0 Å². The Hall–Kier alpha value is -0.110. The summed E-state index contributed by atoms with van der Waals surface area (Å²) in [4.78, 5) is 1.84. The van der Waals surface area contributed by atoms with Crippen molar-refractivity contribution in [2.75, 3.05) is 23.7 Å². The fraction of sp³-hybridized carbons (Fsp3) is 0.455. The molecule has 0 aromatic heterocycles. The molecule has 0 saturated carbocycles. The van der Waals surface area contributed by atoms with E-state index in [1.165, 1.54) is 0 Å². The van der Waals surface area contributed by atoms with Crippen molar-refractivity contribution >= 4 is 45.4 Å². The minimum atomic E-state index is -4.14. The molecule has 0 aliphatic rings. The van der Waals surface area contributed by atoms with Gasteiger partial charge in [-0.1, -0.05) is 18.2 Å². The van der Waals surface area contributed by atoms with E-state index in [9.17, 15) is 13.5 Å². The molecule has 0 saturated heterocycles. The van der Waals surface area contributed by atoms with Gasteiger partial charge in [0.05, 0.1) is 6.10 Å². The molecule has 0 spiro atoms. The molecule has 18 heavy (non-hydrogen) atoms. The molecule has 0 fully saturated rings. The van der Waals surface area contributed by atoms with Crippen LogP contribution in [0.3, 0.4) is 0 Å². The van der Waals surface area contributed by atoms with Gasteiger partial charge < -0.3 is 10.0 Å². The van der Waals surface area contributed by atoms with Crippen molar-refractivity contribution in [2.45, 2.75) is 13.0 Å². The number of aliphatic hydroxyl groups is 1. The second-order valence-electron chi connectivity index (χ2n) is 3.78. The predicted octanol–water partition coefficient (Wildman–Crippen LogP) is 0.381. The van der Waals surface area contributed by atoms with Crippen LogP contribution in [-0.4, -0.2) is 72.6 Å². The third kappa shape index (κ3) is 6.72. The summed E-state index contributed by atoms with van der Waals surface area (Å²) >= 11 is 0. The first-order valence-electron chi connectivity index (χ1n) is 5.35. The first kappa shape index (κ1) is 17.9. The zero-order valence-corrected chi connectivity index (χ0v) is 13.5. The Morgan fingerprint density at radius 2 is 1.83 bits per heavy atom.